The number of carbonyl (C=O) groups excluding carboxylic acids is 1. The Morgan fingerprint density at radius 2 is 2.00 bits per heavy atom. The van der Waals surface area contributed by atoms with Crippen molar-refractivity contribution in [3.05, 3.63) is 30.5 Å². The molecule has 1 aromatic heterocycles. The molecule has 26 heavy (non-hydrogen) atoms. The van der Waals surface area contributed by atoms with Crippen LogP contribution in [0, 0.1) is 0 Å². The number of aromatic nitrogens is 2. The average molecular weight is 379 g/mol. The molecule has 0 unspecified atom stereocenters. The highest BCUT2D eigenvalue weighted by molar-refractivity contribution is 7.90. The summed E-state index contributed by atoms with van der Waals surface area (Å²) in [6, 6.07) is 6.28. The number of hydrogen-bond acceptors (Lipinski definition) is 7. The minimum absolute atomic E-state index is 0.147. The van der Waals surface area contributed by atoms with Crippen LogP contribution >= 0.6 is 0 Å². The van der Waals surface area contributed by atoms with Gasteiger partial charge in [-0.15, -0.1) is 0 Å². The van der Waals surface area contributed by atoms with E-state index in [0.29, 0.717) is 37.7 Å². The smallest absolute Gasteiger partial charge is 0.347 e. The van der Waals surface area contributed by atoms with Crippen LogP contribution in [-0.2, 0) is 16.6 Å². The maximum Gasteiger partial charge on any atom is 0.347 e. The molecule has 0 fully saturated rings. The topological polar surface area (TPSA) is 115 Å². The predicted octanol–water partition coefficient (Wildman–Crippen LogP) is 0.467. The van der Waals surface area contributed by atoms with Crippen LogP contribution in [0.5, 0.6) is 11.6 Å². The number of hydrazine groups is 1. The summed E-state index contributed by atoms with van der Waals surface area (Å²) in [6.45, 7) is 1.73. The average Bonchev–Trinajstić information content (AvgIpc) is 3.06. The molecular weight excluding hydrogens is 362 g/mol. The normalized spacial score (nSPS) is 15.9. The van der Waals surface area contributed by atoms with Gasteiger partial charge in [0, 0.05) is 13.0 Å². The number of sulfonamides is 1. The van der Waals surface area contributed by atoms with Crippen LogP contribution in [0.1, 0.15) is 6.42 Å². The van der Waals surface area contributed by atoms with Crippen molar-refractivity contribution in [2.24, 2.45) is 0 Å². The van der Waals surface area contributed by atoms with Gasteiger partial charge in [0.15, 0.2) is 4.90 Å². The van der Waals surface area contributed by atoms with Gasteiger partial charge in [-0.2, -0.15) is 5.10 Å². The van der Waals surface area contributed by atoms with Crippen LogP contribution in [0.15, 0.2) is 35.4 Å². The highest BCUT2D eigenvalue weighted by Gasteiger charge is 2.29. The van der Waals surface area contributed by atoms with Gasteiger partial charge >= 0.3 is 6.03 Å². The highest BCUT2D eigenvalue weighted by atomic mass is 32.2. The second-order valence-electron chi connectivity index (χ2n) is 5.75. The van der Waals surface area contributed by atoms with Gasteiger partial charge in [-0.05, 0) is 12.1 Å². The van der Waals surface area contributed by atoms with E-state index in [1.165, 1.54) is 15.9 Å². The Morgan fingerprint density at radius 3 is 2.88 bits per heavy atom. The molecule has 2 amide bonds. The van der Waals surface area contributed by atoms with E-state index < -0.39 is 16.1 Å². The number of anilines is 1. The Labute approximate surface area is 149 Å². The maximum atomic E-state index is 12.5. The number of rotatable bonds is 3. The monoisotopic (exact) mass is 379 g/mol. The Hall–Kier alpha value is -2.95. The number of benzene rings is 1. The summed E-state index contributed by atoms with van der Waals surface area (Å²) in [6.07, 6.45) is 1.93. The van der Waals surface area contributed by atoms with E-state index in [9.17, 15) is 13.2 Å². The molecule has 2 aliphatic heterocycles. The second-order valence-corrected chi connectivity index (χ2v) is 7.40. The lowest BCUT2D eigenvalue weighted by atomic mass is 10.2. The highest BCUT2D eigenvalue weighted by Crippen LogP contribution is 2.30. The molecule has 2 aromatic rings. The Morgan fingerprint density at radius 1 is 1.15 bits per heavy atom. The largest absolute Gasteiger partial charge is 0.489 e. The van der Waals surface area contributed by atoms with E-state index in [1.807, 2.05) is 10.8 Å². The van der Waals surface area contributed by atoms with Gasteiger partial charge in [-0.1, -0.05) is 12.1 Å². The van der Waals surface area contributed by atoms with Crippen LogP contribution < -0.4 is 24.6 Å². The van der Waals surface area contributed by atoms with E-state index >= 15 is 0 Å². The van der Waals surface area contributed by atoms with Crippen molar-refractivity contribution in [2.75, 3.05) is 24.8 Å². The molecule has 0 bridgehead atoms. The number of aryl methyl sites for hydroxylation is 1. The molecule has 2 aliphatic rings. The number of nitrogens with one attached hydrogen (secondary N) is 2. The fourth-order valence-corrected chi connectivity index (χ4v) is 3.82. The van der Waals surface area contributed by atoms with Crippen molar-refractivity contribution in [3.63, 3.8) is 0 Å². The number of fused-ring (bicyclic) bond motifs is 2. The van der Waals surface area contributed by atoms with Crippen LogP contribution in [-0.4, -0.2) is 44.0 Å². The Bertz CT molecular complexity index is 942. The first-order valence-electron chi connectivity index (χ1n) is 8.06. The minimum atomic E-state index is -4.11. The lowest BCUT2D eigenvalue weighted by Crippen LogP contribution is -2.51. The molecule has 138 valence electrons. The third kappa shape index (κ3) is 3.01. The fraction of sp³-hybridized carbons (Fsp3) is 0.333. The third-order valence-corrected chi connectivity index (χ3v) is 5.31. The van der Waals surface area contributed by atoms with Crippen LogP contribution in [0.2, 0.25) is 0 Å². The number of nitrogens with zero attached hydrogens (tertiary/aromatic N) is 3. The van der Waals surface area contributed by atoms with Gasteiger partial charge in [0.25, 0.3) is 10.0 Å². The number of hydrogen-bond donors (Lipinski definition) is 2. The predicted molar refractivity (Wildman–Crippen MR) is 90.5 cm³/mol. The summed E-state index contributed by atoms with van der Waals surface area (Å²) >= 11 is 0. The van der Waals surface area contributed by atoms with Crippen LogP contribution in [0.4, 0.5) is 10.5 Å². The van der Waals surface area contributed by atoms with Gasteiger partial charge in [0.2, 0.25) is 5.88 Å². The maximum absolute atomic E-state index is 12.5. The van der Waals surface area contributed by atoms with E-state index in [0.717, 1.165) is 6.42 Å². The van der Waals surface area contributed by atoms with E-state index in [2.05, 4.69) is 10.5 Å². The molecular formula is C15H17N5O5S. The zero-order valence-corrected chi connectivity index (χ0v) is 14.5. The number of para-hydroxylation sites is 2. The van der Waals surface area contributed by atoms with Crippen LogP contribution in [0.3, 0.4) is 0 Å². The first-order chi connectivity index (χ1) is 12.5. The first kappa shape index (κ1) is 16.5. The number of carbonyl (C=O) groups is 1. The van der Waals surface area contributed by atoms with Gasteiger partial charge in [-0.3, -0.25) is 5.01 Å². The molecule has 4 rings (SSSR count). The number of ether oxygens (including phenoxy) is 2. The van der Waals surface area contributed by atoms with E-state index in [-0.39, 0.29) is 10.8 Å². The molecule has 0 aliphatic carbocycles. The van der Waals surface area contributed by atoms with Crippen LogP contribution in [0.25, 0.3) is 0 Å². The van der Waals surface area contributed by atoms with E-state index in [4.69, 9.17) is 9.47 Å². The molecule has 0 saturated heterocycles. The van der Waals surface area contributed by atoms with Crippen molar-refractivity contribution in [2.45, 2.75) is 17.9 Å². The SMILES string of the molecule is O=C(NN1CCOc2ccccc21)NS(=O)(=O)c1cnn2c1OCCC2. The summed E-state index contributed by atoms with van der Waals surface area (Å²) in [4.78, 5) is 12.1. The van der Waals surface area contributed by atoms with Gasteiger partial charge in [0.1, 0.15) is 12.4 Å². The van der Waals surface area contributed by atoms with E-state index in [1.54, 1.807) is 18.2 Å². The van der Waals surface area contributed by atoms with Crippen molar-refractivity contribution in [1.29, 1.82) is 0 Å². The lowest BCUT2D eigenvalue weighted by molar-refractivity contribution is 0.224. The number of urea groups is 1. The second kappa shape index (κ2) is 6.41. The van der Waals surface area contributed by atoms with Crippen molar-refractivity contribution >= 4 is 21.7 Å². The van der Waals surface area contributed by atoms with Gasteiger partial charge in [0.05, 0.1) is 25.0 Å². The molecule has 1 aromatic carbocycles. The molecule has 0 saturated carbocycles. The third-order valence-electron chi connectivity index (χ3n) is 3.99. The lowest BCUT2D eigenvalue weighted by Gasteiger charge is -2.30. The van der Waals surface area contributed by atoms with Crippen molar-refractivity contribution in [1.82, 2.24) is 19.9 Å². The first-order valence-corrected chi connectivity index (χ1v) is 9.54. The van der Waals surface area contributed by atoms with Gasteiger partial charge < -0.3 is 9.47 Å². The zero-order valence-electron chi connectivity index (χ0n) is 13.7. The minimum Gasteiger partial charge on any atom is -0.489 e. The molecule has 0 atom stereocenters. The molecule has 2 N–H and O–H groups in total. The number of amides is 2. The fourth-order valence-electron chi connectivity index (χ4n) is 2.84. The Balaban J connectivity index is 1.49. The quantitative estimate of drug-likeness (QED) is 0.796. The summed E-state index contributed by atoms with van der Waals surface area (Å²) in [5.74, 6) is 0.759. The standard InChI is InChI=1S/C15H17N5O5S/c21-15(17-19-7-9-24-12-5-2-1-4-11(12)19)18-26(22,23)13-10-16-20-6-3-8-25-14(13)20/h1-2,4-5,10H,3,6-9H2,(H2,17,18,21). The summed E-state index contributed by atoms with van der Waals surface area (Å²) in [5.41, 5.74) is 3.18. The van der Waals surface area contributed by atoms with Crippen molar-refractivity contribution in [3.8, 4) is 11.6 Å². The zero-order chi connectivity index (χ0) is 18.1. The van der Waals surface area contributed by atoms with Gasteiger partial charge in [-0.25, -0.2) is 28.0 Å². The molecule has 0 spiro atoms. The molecule has 11 heteroatoms. The molecule has 0 radical (unpaired) electrons. The Kier molecular flexibility index (Phi) is 4.07. The van der Waals surface area contributed by atoms with Crippen molar-refractivity contribution < 1.29 is 22.7 Å². The summed E-state index contributed by atoms with van der Waals surface area (Å²) < 4.78 is 39.4. The molecule has 3 heterocycles. The summed E-state index contributed by atoms with van der Waals surface area (Å²) in [7, 11) is -4.11. The molecule has 10 nitrogen and oxygen atoms in total. The summed E-state index contributed by atoms with van der Waals surface area (Å²) in [5, 5.41) is 5.52.